The summed E-state index contributed by atoms with van der Waals surface area (Å²) in [5.41, 5.74) is 2.04. The van der Waals surface area contributed by atoms with E-state index < -0.39 is 16.4 Å². The molecule has 0 bridgehead atoms. The molecule has 0 aromatic heterocycles. The molecule has 27 heavy (non-hydrogen) atoms. The van der Waals surface area contributed by atoms with Crippen molar-refractivity contribution in [2.24, 2.45) is 5.92 Å². The zero-order chi connectivity index (χ0) is 20.0. The molecule has 1 unspecified atom stereocenters. The highest BCUT2D eigenvalue weighted by Crippen LogP contribution is 2.24. The number of hydrogen-bond donors (Lipinski definition) is 0. The van der Waals surface area contributed by atoms with Gasteiger partial charge < -0.3 is 9.64 Å². The van der Waals surface area contributed by atoms with Crippen LogP contribution in [0, 0.1) is 12.8 Å². The summed E-state index contributed by atoms with van der Waals surface area (Å²) in [5, 5.41) is 0. The van der Waals surface area contributed by atoms with Crippen LogP contribution in [0.2, 0.25) is 0 Å². The van der Waals surface area contributed by atoms with E-state index in [0.29, 0.717) is 0 Å². The van der Waals surface area contributed by atoms with Gasteiger partial charge in [-0.1, -0.05) is 25.0 Å². The minimum Gasteiger partial charge on any atom is -0.444 e. The first-order valence-electron chi connectivity index (χ1n) is 10.1. The van der Waals surface area contributed by atoms with Gasteiger partial charge in [-0.25, -0.2) is 4.79 Å². The minimum atomic E-state index is -0.909. The molecule has 1 atom stereocenters. The number of amides is 1. The summed E-state index contributed by atoms with van der Waals surface area (Å²) in [6.45, 7) is 9.40. The molecule has 0 spiro atoms. The van der Waals surface area contributed by atoms with E-state index in [1.165, 1.54) is 24.8 Å². The monoisotopic (exact) mass is 393 g/mol. The van der Waals surface area contributed by atoms with Crippen molar-refractivity contribution in [1.29, 1.82) is 0 Å². The van der Waals surface area contributed by atoms with Gasteiger partial charge in [0.05, 0.1) is 10.8 Å². The molecule has 0 N–H and O–H groups in total. The number of piperidine rings is 1. The second-order valence-electron chi connectivity index (χ2n) is 8.71. The average Bonchev–Trinajstić information content (AvgIpc) is 2.57. The molecule has 0 radical (unpaired) electrons. The van der Waals surface area contributed by atoms with Crippen LogP contribution in [0.15, 0.2) is 23.1 Å². The molecule has 1 fully saturated rings. The van der Waals surface area contributed by atoms with Crippen molar-refractivity contribution in [3.05, 3.63) is 29.3 Å². The summed E-state index contributed by atoms with van der Waals surface area (Å²) in [6.07, 6.45) is 8.43. The Balaban J connectivity index is 1.67. The first-order valence-corrected chi connectivity index (χ1v) is 11.6. The van der Waals surface area contributed by atoms with Crippen LogP contribution in [0.4, 0.5) is 4.79 Å². The van der Waals surface area contributed by atoms with Gasteiger partial charge in [0, 0.05) is 24.2 Å². The SMILES string of the molecule is Cc1cc(CCCCC2CCN(C(=O)OC(C)(C)C)CC2)ccc1S(C)=O. The Morgan fingerprint density at radius 2 is 1.89 bits per heavy atom. The summed E-state index contributed by atoms with van der Waals surface area (Å²) < 4.78 is 17.1. The van der Waals surface area contributed by atoms with Gasteiger partial charge in [0.25, 0.3) is 0 Å². The molecule has 0 saturated carbocycles. The highest BCUT2D eigenvalue weighted by molar-refractivity contribution is 7.84. The molecule has 1 aromatic rings. The largest absolute Gasteiger partial charge is 0.444 e. The van der Waals surface area contributed by atoms with Gasteiger partial charge in [0.2, 0.25) is 0 Å². The van der Waals surface area contributed by atoms with Gasteiger partial charge in [-0.15, -0.1) is 0 Å². The van der Waals surface area contributed by atoms with Crippen molar-refractivity contribution in [2.75, 3.05) is 19.3 Å². The molecular weight excluding hydrogens is 358 g/mol. The Bertz CT molecular complexity index is 658. The van der Waals surface area contributed by atoms with Crippen molar-refractivity contribution >= 4 is 16.9 Å². The predicted octanol–water partition coefficient (Wildman–Crippen LogP) is 5.09. The number of likely N-dealkylation sites (tertiary alicyclic amines) is 1. The van der Waals surface area contributed by atoms with Crippen molar-refractivity contribution < 1.29 is 13.7 Å². The van der Waals surface area contributed by atoms with Gasteiger partial charge in [0.15, 0.2) is 0 Å². The third-order valence-corrected chi connectivity index (χ3v) is 6.22. The third-order valence-electron chi connectivity index (χ3n) is 5.14. The van der Waals surface area contributed by atoms with Crippen LogP contribution >= 0.6 is 0 Å². The van der Waals surface area contributed by atoms with E-state index in [2.05, 4.69) is 12.1 Å². The maximum atomic E-state index is 12.1. The summed E-state index contributed by atoms with van der Waals surface area (Å²) in [5.74, 6) is 0.718. The van der Waals surface area contributed by atoms with Crippen molar-refractivity contribution in [3.63, 3.8) is 0 Å². The van der Waals surface area contributed by atoms with Crippen molar-refractivity contribution in [2.45, 2.75) is 76.7 Å². The van der Waals surface area contributed by atoms with E-state index in [0.717, 1.165) is 48.7 Å². The fourth-order valence-corrected chi connectivity index (χ4v) is 4.45. The number of rotatable bonds is 6. The van der Waals surface area contributed by atoms with Crippen LogP contribution in [-0.4, -0.2) is 40.1 Å². The molecule has 4 nitrogen and oxygen atoms in total. The lowest BCUT2D eigenvalue weighted by Gasteiger charge is -2.33. The Morgan fingerprint density at radius 3 is 2.44 bits per heavy atom. The minimum absolute atomic E-state index is 0.173. The average molecular weight is 394 g/mol. The Labute approximate surface area is 167 Å². The Morgan fingerprint density at radius 1 is 1.22 bits per heavy atom. The van der Waals surface area contributed by atoms with Crippen LogP contribution < -0.4 is 0 Å². The molecule has 2 rings (SSSR count). The molecule has 1 aliphatic rings. The highest BCUT2D eigenvalue weighted by Gasteiger charge is 2.26. The number of carbonyl (C=O) groups excluding carboxylic acids is 1. The van der Waals surface area contributed by atoms with Crippen LogP contribution in [0.3, 0.4) is 0 Å². The maximum Gasteiger partial charge on any atom is 0.410 e. The molecule has 152 valence electrons. The predicted molar refractivity (Wildman–Crippen MR) is 112 cm³/mol. The quantitative estimate of drug-likeness (QED) is 0.632. The number of hydrogen-bond acceptors (Lipinski definition) is 3. The van der Waals surface area contributed by atoms with Crippen LogP contribution in [0.1, 0.15) is 64.0 Å². The maximum absolute atomic E-state index is 12.1. The van der Waals surface area contributed by atoms with Crippen LogP contribution in [0.25, 0.3) is 0 Å². The standard InChI is InChI=1S/C22H35NO3S/c1-17-16-19(10-11-20(17)27(5)25)9-7-6-8-18-12-14-23(15-13-18)21(24)26-22(2,3)4/h10-11,16,18H,6-9,12-15H2,1-5H3. The van der Waals surface area contributed by atoms with Gasteiger partial charge in [0.1, 0.15) is 5.60 Å². The molecule has 1 saturated heterocycles. The van der Waals surface area contributed by atoms with Gasteiger partial charge in [-0.3, -0.25) is 4.21 Å². The van der Waals surface area contributed by atoms with Crippen LogP contribution in [-0.2, 0) is 22.0 Å². The Hall–Kier alpha value is -1.36. The second kappa shape index (κ2) is 9.72. The second-order valence-corrected chi connectivity index (χ2v) is 10.1. The fourth-order valence-electron chi connectivity index (χ4n) is 3.68. The smallest absolute Gasteiger partial charge is 0.410 e. The summed E-state index contributed by atoms with van der Waals surface area (Å²) in [6, 6.07) is 6.30. The van der Waals surface area contributed by atoms with Gasteiger partial charge >= 0.3 is 6.09 Å². The van der Waals surface area contributed by atoms with Crippen molar-refractivity contribution in [3.8, 4) is 0 Å². The van der Waals surface area contributed by atoms with E-state index in [9.17, 15) is 9.00 Å². The first-order chi connectivity index (χ1) is 12.7. The zero-order valence-corrected chi connectivity index (χ0v) is 18.4. The molecule has 1 heterocycles. The van der Waals surface area contributed by atoms with E-state index in [-0.39, 0.29) is 6.09 Å². The number of aryl methyl sites for hydroxylation is 2. The number of carbonyl (C=O) groups is 1. The fraction of sp³-hybridized carbons (Fsp3) is 0.682. The van der Waals surface area contributed by atoms with E-state index >= 15 is 0 Å². The zero-order valence-electron chi connectivity index (χ0n) is 17.5. The lowest BCUT2D eigenvalue weighted by molar-refractivity contribution is 0.0180. The van der Waals surface area contributed by atoms with E-state index in [1.54, 1.807) is 6.26 Å². The number of unbranched alkanes of at least 4 members (excludes halogenated alkanes) is 1. The molecule has 1 amide bonds. The molecule has 5 heteroatoms. The molecule has 1 aliphatic heterocycles. The number of benzene rings is 1. The Kier molecular flexibility index (Phi) is 7.90. The third kappa shape index (κ3) is 7.28. The summed E-state index contributed by atoms with van der Waals surface area (Å²) >= 11 is 0. The molecule has 1 aromatic carbocycles. The lowest BCUT2D eigenvalue weighted by Crippen LogP contribution is -2.41. The van der Waals surface area contributed by atoms with E-state index in [1.807, 2.05) is 38.7 Å². The van der Waals surface area contributed by atoms with Gasteiger partial charge in [-0.2, -0.15) is 0 Å². The normalized spacial score (nSPS) is 17.0. The lowest BCUT2D eigenvalue weighted by atomic mass is 9.91. The van der Waals surface area contributed by atoms with Crippen molar-refractivity contribution in [1.82, 2.24) is 4.90 Å². The van der Waals surface area contributed by atoms with Gasteiger partial charge in [-0.05, 0) is 76.5 Å². The topological polar surface area (TPSA) is 46.6 Å². The van der Waals surface area contributed by atoms with Crippen LogP contribution in [0.5, 0.6) is 0 Å². The number of ether oxygens (including phenoxy) is 1. The first kappa shape index (κ1) is 21.9. The molecular formula is C22H35NO3S. The highest BCUT2D eigenvalue weighted by atomic mass is 32.2. The summed E-state index contributed by atoms with van der Waals surface area (Å²) in [7, 11) is -0.909. The van der Waals surface area contributed by atoms with E-state index in [4.69, 9.17) is 4.74 Å². The number of nitrogens with zero attached hydrogens (tertiary/aromatic N) is 1. The summed E-state index contributed by atoms with van der Waals surface area (Å²) in [4.78, 5) is 14.9. The molecule has 0 aliphatic carbocycles.